The summed E-state index contributed by atoms with van der Waals surface area (Å²) in [6, 6.07) is 7.57. The summed E-state index contributed by atoms with van der Waals surface area (Å²) in [6.45, 7) is 1.76. The standard InChI is InChI=1S/C18H23ClN2O3/c19-14-4-1-3-13(11-14)6-9-20-16(22)18(7-8-18)17(23)21-12-15-5-2-10-24-15/h1,3-4,11,15H,2,5-10,12H2,(H,20,22)(H,21,23). The fourth-order valence-corrected chi connectivity index (χ4v) is 3.26. The van der Waals surface area contributed by atoms with Crippen molar-refractivity contribution < 1.29 is 14.3 Å². The molecular weight excluding hydrogens is 328 g/mol. The van der Waals surface area contributed by atoms with Crippen molar-refractivity contribution >= 4 is 23.4 Å². The molecule has 1 atom stereocenters. The third kappa shape index (κ3) is 4.08. The van der Waals surface area contributed by atoms with Gasteiger partial charge in [-0.05, 0) is 49.8 Å². The van der Waals surface area contributed by atoms with Crippen LogP contribution < -0.4 is 10.6 Å². The minimum absolute atomic E-state index is 0.0932. The van der Waals surface area contributed by atoms with Gasteiger partial charge in [0.15, 0.2) is 0 Å². The molecule has 6 heteroatoms. The normalized spacial score (nSPS) is 21.3. The molecule has 24 heavy (non-hydrogen) atoms. The lowest BCUT2D eigenvalue weighted by atomic mass is 10.0. The zero-order valence-electron chi connectivity index (χ0n) is 13.6. The Labute approximate surface area is 147 Å². The molecule has 1 aliphatic heterocycles. The first kappa shape index (κ1) is 17.2. The number of hydrogen-bond acceptors (Lipinski definition) is 3. The molecule has 0 bridgehead atoms. The number of nitrogens with one attached hydrogen (secondary N) is 2. The third-order valence-corrected chi connectivity index (χ3v) is 4.96. The summed E-state index contributed by atoms with van der Waals surface area (Å²) in [5, 5.41) is 6.46. The van der Waals surface area contributed by atoms with Gasteiger partial charge >= 0.3 is 0 Å². The maximum Gasteiger partial charge on any atom is 0.235 e. The molecule has 2 N–H and O–H groups in total. The van der Waals surface area contributed by atoms with Crippen LogP contribution in [-0.4, -0.2) is 37.6 Å². The van der Waals surface area contributed by atoms with E-state index in [-0.39, 0.29) is 17.9 Å². The second kappa shape index (κ2) is 7.53. The molecule has 2 amide bonds. The molecule has 2 aliphatic rings. The Balaban J connectivity index is 1.44. The number of amides is 2. The summed E-state index contributed by atoms with van der Waals surface area (Å²) in [6.07, 6.45) is 4.03. The SMILES string of the molecule is O=C(NCCc1cccc(Cl)c1)C1(C(=O)NCC2CCCO2)CC1. The van der Waals surface area contributed by atoms with Gasteiger partial charge in [0.2, 0.25) is 11.8 Å². The minimum Gasteiger partial charge on any atom is -0.376 e. The molecular formula is C18H23ClN2O3. The van der Waals surface area contributed by atoms with Crippen molar-refractivity contribution in [2.45, 2.75) is 38.2 Å². The summed E-state index contributed by atoms with van der Waals surface area (Å²) >= 11 is 5.95. The van der Waals surface area contributed by atoms with Crippen LogP contribution >= 0.6 is 11.6 Å². The van der Waals surface area contributed by atoms with Crippen LogP contribution in [0, 0.1) is 5.41 Å². The first-order chi connectivity index (χ1) is 11.6. The van der Waals surface area contributed by atoms with Gasteiger partial charge in [-0.15, -0.1) is 0 Å². The third-order valence-electron chi connectivity index (χ3n) is 4.72. The first-order valence-electron chi connectivity index (χ1n) is 8.53. The van der Waals surface area contributed by atoms with E-state index in [1.54, 1.807) is 0 Å². The molecule has 2 fully saturated rings. The van der Waals surface area contributed by atoms with E-state index in [4.69, 9.17) is 16.3 Å². The lowest BCUT2D eigenvalue weighted by molar-refractivity contribution is -0.137. The number of carbonyl (C=O) groups is 2. The molecule has 0 radical (unpaired) electrons. The Hall–Kier alpha value is -1.59. The minimum atomic E-state index is -0.868. The fraction of sp³-hybridized carbons (Fsp3) is 0.556. The van der Waals surface area contributed by atoms with E-state index in [0.717, 1.165) is 25.0 Å². The summed E-state index contributed by atoms with van der Waals surface area (Å²) in [7, 11) is 0. The highest BCUT2D eigenvalue weighted by Gasteiger charge is 2.56. The number of hydrogen-bond donors (Lipinski definition) is 2. The summed E-state index contributed by atoms with van der Waals surface area (Å²) < 4.78 is 5.49. The lowest BCUT2D eigenvalue weighted by Gasteiger charge is -2.17. The molecule has 1 heterocycles. The lowest BCUT2D eigenvalue weighted by Crippen LogP contribution is -2.45. The van der Waals surface area contributed by atoms with Crippen molar-refractivity contribution in [1.82, 2.24) is 10.6 Å². The highest BCUT2D eigenvalue weighted by Crippen LogP contribution is 2.46. The van der Waals surface area contributed by atoms with Gasteiger partial charge in [-0.1, -0.05) is 23.7 Å². The number of halogens is 1. The van der Waals surface area contributed by atoms with Crippen LogP contribution in [0.1, 0.15) is 31.2 Å². The molecule has 0 aromatic heterocycles. The molecule has 1 aliphatic carbocycles. The number of rotatable bonds is 7. The molecule has 3 rings (SSSR count). The molecule has 0 spiro atoms. The van der Waals surface area contributed by atoms with E-state index >= 15 is 0 Å². The van der Waals surface area contributed by atoms with Gasteiger partial charge in [0.1, 0.15) is 5.41 Å². The van der Waals surface area contributed by atoms with E-state index in [1.165, 1.54) is 0 Å². The van der Waals surface area contributed by atoms with E-state index in [9.17, 15) is 9.59 Å². The Morgan fingerprint density at radius 3 is 2.71 bits per heavy atom. The van der Waals surface area contributed by atoms with Crippen molar-refractivity contribution in [3.63, 3.8) is 0 Å². The zero-order valence-corrected chi connectivity index (χ0v) is 14.4. The van der Waals surface area contributed by atoms with Crippen LogP contribution in [0.25, 0.3) is 0 Å². The first-order valence-corrected chi connectivity index (χ1v) is 8.91. The van der Waals surface area contributed by atoms with Crippen LogP contribution in [0.2, 0.25) is 5.02 Å². The summed E-state index contributed by atoms with van der Waals surface area (Å²) in [5.41, 5.74) is 0.197. The quantitative estimate of drug-likeness (QED) is 0.740. The number of benzene rings is 1. The highest BCUT2D eigenvalue weighted by atomic mass is 35.5. The molecule has 130 valence electrons. The molecule has 5 nitrogen and oxygen atoms in total. The maximum atomic E-state index is 12.4. The van der Waals surface area contributed by atoms with E-state index in [2.05, 4.69) is 10.6 Å². The van der Waals surface area contributed by atoms with E-state index in [1.807, 2.05) is 24.3 Å². The van der Waals surface area contributed by atoms with Gasteiger partial charge in [-0.2, -0.15) is 0 Å². The molecule has 1 aromatic rings. The second-order valence-electron chi connectivity index (χ2n) is 6.56. The average Bonchev–Trinajstić information content (AvgIpc) is 3.22. The Morgan fingerprint density at radius 1 is 1.25 bits per heavy atom. The van der Waals surface area contributed by atoms with Crippen LogP contribution in [-0.2, 0) is 20.7 Å². The topological polar surface area (TPSA) is 67.4 Å². The number of ether oxygens (including phenoxy) is 1. The van der Waals surface area contributed by atoms with E-state index < -0.39 is 5.41 Å². The van der Waals surface area contributed by atoms with Gasteiger partial charge in [0.05, 0.1) is 6.10 Å². The van der Waals surface area contributed by atoms with Crippen molar-refractivity contribution in [3.05, 3.63) is 34.9 Å². The van der Waals surface area contributed by atoms with Gasteiger partial charge < -0.3 is 15.4 Å². The van der Waals surface area contributed by atoms with Crippen LogP contribution in [0.15, 0.2) is 24.3 Å². The zero-order chi connectivity index (χ0) is 17.0. The second-order valence-corrected chi connectivity index (χ2v) is 7.00. The predicted molar refractivity (Wildman–Crippen MR) is 91.8 cm³/mol. The maximum absolute atomic E-state index is 12.4. The van der Waals surface area contributed by atoms with Gasteiger partial charge in [0.25, 0.3) is 0 Å². The number of carbonyl (C=O) groups excluding carboxylic acids is 2. The Kier molecular flexibility index (Phi) is 5.41. The van der Waals surface area contributed by atoms with Gasteiger partial charge in [0, 0.05) is 24.7 Å². The van der Waals surface area contributed by atoms with Gasteiger partial charge in [-0.25, -0.2) is 0 Å². The fourth-order valence-electron chi connectivity index (χ4n) is 3.05. The van der Waals surface area contributed by atoms with Crippen LogP contribution in [0.4, 0.5) is 0 Å². The summed E-state index contributed by atoms with van der Waals surface area (Å²) in [4.78, 5) is 24.8. The summed E-state index contributed by atoms with van der Waals surface area (Å²) in [5.74, 6) is -0.340. The molecule has 1 saturated carbocycles. The van der Waals surface area contributed by atoms with Gasteiger partial charge in [-0.3, -0.25) is 9.59 Å². The highest BCUT2D eigenvalue weighted by molar-refractivity contribution is 6.30. The van der Waals surface area contributed by atoms with Crippen molar-refractivity contribution in [2.75, 3.05) is 19.7 Å². The Bertz CT molecular complexity index is 610. The monoisotopic (exact) mass is 350 g/mol. The Morgan fingerprint density at radius 2 is 2.04 bits per heavy atom. The van der Waals surface area contributed by atoms with Crippen LogP contribution in [0.5, 0.6) is 0 Å². The molecule has 1 saturated heterocycles. The molecule has 1 unspecified atom stereocenters. The molecule has 1 aromatic carbocycles. The largest absolute Gasteiger partial charge is 0.376 e. The van der Waals surface area contributed by atoms with Crippen molar-refractivity contribution in [1.29, 1.82) is 0 Å². The average molecular weight is 351 g/mol. The predicted octanol–water partition coefficient (Wildman–Crippen LogP) is 2.07. The van der Waals surface area contributed by atoms with Crippen molar-refractivity contribution in [2.24, 2.45) is 5.41 Å². The smallest absolute Gasteiger partial charge is 0.235 e. The van der Waals surface area contributed by atoms with Crippen LogP contribution in [0.3, 0.4) is 0 Å². The van der Waals surface area contributed by atoms with Crippen molar-refractivity contribution in [3.8, 4) is 0 Å². The van der Waals surface area contributed by atoms with E-state index in [0.29, 0.717) is 37.4 Å².